The fourth-order valence-electron chi connectivity index (χ4n) is 5.30. The molecule has 168 valence electrons. The third-order valence-electron chi connectivity index (χ3n) is 6.75. The number of imide groups is 1. The van der Waals surface area contributed by atoms with E-state index in [-0.39, 0.29) is 35.5 Å². The number of allylic oxidation sites excluding steroid dienone is 2. The first-order valence-corrected chi connectivity index (χ1v) is 11.5. The Hall–Kier alpha value is -3.23. The molecule has 2 N–H and O–H groups in total. The molecule has 0 radical (unpaired) electrons. The lowest BCUT2D eigenvalue weighted by atomic mass is 9.85. The van der Waals surface area contributed by atoms with E-state index in [1.165, 1.54) is 4.90 Å². The predicted molar refractivity (Wildman–Crippen MR) is 120 cm³/mol. The number of likely N-dealkylation sites (tertiary alicyclic amines) is 1. The van der Waals surface area contributed by atoms with Crippen molar-refractivity contribution in [1.29, 1.82) is 0 Å². The highest BCUT2D eigenvalue weighted by Gasteiger charge is 2.58. The zero-order chi connectivity index (χ0) is 22.1. The van der Waals surface area contributed by atoms with E-state index in [4.69, 9.17) is 0 Å². The van der Waals surface area contributed by atoms with Gasteiger partial charge in [-0.05, 0) is 43.7 Å². The molecule has 5 rings (SSSR count). The fourth-order valence-corrected chi connectivity index (χ4v) is 5.30. The van der Waals surface area contributed by atoms with E-state index in [9.17, 15) is 9.59 Å². The zero-order valence-corrected chi connectivity index (χ0v) is 18.3. The first-order valence-electron chi connectivity index (χ1n) is 11.5. The Morgan fingerprint density at radius 3 is 2.66 bits per heavy atom. The second-order valence-corrected chi connectivity index (χ2v) is 8.66. The minimum absolute atomic E-state index is 0.00104. The molecule has 32 heavy (non-hydrogen) atoms. The summed E-state index contributed by atoms with van der Waals surface area (Å²) >= 11 is 0. The number of guanidine groups is 1. The van der Waals surface area contributed by atoms with Crippen LogP contribution < -0.4 is 10.6 Å². The van der Waals surface area contributed by atoms with Gasteiger partial charge in [-0.25, -0.2) is 0 Å². The Labute approximate surface area is 187 Å². The molecule has 1 saturated carbocycles. The number of nitrogens with one attached hydrogen (secondary N) is 2. The molecule has 4 atom stereocenters. The summed E-state index contributed by atoms with van der Waals surface area (Å²) < 4.78 is 1.99. The molecule has 1 aliphatic heterocycles. The van der Waals surface area contributed by atoms with Crippen molar-refractivity contribution in [2.24, 2.45) is 28.7 Å². The van der Waals surface area contributed by atoms with Crippen molar-refractivity contribution in [2.75, 3.05) is 26.2 Å². The molecule has 9 heteroatoms. The smallest absolute Gasteiger partial charge is 0.233 e. The molecule has 4 unspecified atom stereocenters. The molecule has 1 saturated heterocycles. The molecular weight excluding hydrogens is 406 g/mol. The van der Waals surface area contributed by atoms with Crippen LogP contribution in [0.3, 0.4) is 0 Å². The van der Waals surface area contributed by atoms with Crippen LogP contribution in [0.25, 0.3) is 5.65 Å². The summed E-state index contributed by atoms with van der Waals surface area (Å²) in [7, 11) is 0. The Morgan fingerprint density at radius 2 is 1.91 bits per heavy atom. The van der Waals surface area contributed by atoms with E-state index in [2.05, 4.69) is 38.0 Å². The van der Waals surface area contributed by atoms with Crippen molar-refractivity contribution < 1.29 is 9.59 Å². The number of aromatic nitrogens is 3. The van der Waals surface area contributed by atoms with Crippen molar-refractivity contribution in [1.82, 2.24) is 30.1 Å². The maximum Gasteiger partial charge on any atom is 0.233 e. The van der Waals surface area contributed by atoms with E-state index >= 15 is 0 Å². The quantitative estimate of drug-likeness (QED) is 0.211. The van der Waals surface area contributed by atoms with Crippen LogP contribution in [-0.4, -0.2) is 63.5 Å². The van der Waals surface area contributed by atoms with Crippen molar-refractivity contribution in [3.63, 3.8) is 0 Å². The van der Waals surface area contributed by atoms with E-state index in [1.807, 2.05) is 35.7 Å². The van der Waals surface area contributed by atoms with Gasteiger partial charge in [0.15, 0.2) is 11.6 Å². The van der Waals surface area contributed by atoms with Crippen LogP contribution >= 0.6 is 0 Å². The number of nitrogens with zero attached hydrogens (tertiary/aromatic N) is 5. The van der Waals surface area contributed by atoms with Gasteiger partial charge in [0.1, 0.15) is 5.82 Å². The number of fused-ring (bicyclic) bond motifs is 6. The van der Waals surface area contributed by atoms with Crippen LogP contribution in [0.2, 0.25) is 0 Å². The van der Waals surface area contributed by atoms with Gasteiger partial charge in [-0.3, -0.25) is 23.9 Å². The minimum Gasteiger partial charge on any atom is -0.357 e. The molecular formula is C23H29N7O2. The highest BCUT2D eigenvalue weighted by Crippen LogP contribution is 2.52. The second-order valence-electron chi connectivity index (χ2n) is 8.66. The topological polar surface area (TPSA) is 104 Å². The first-order chi connectivity index (χ1) is 15.7. The number of amides is 2. The average Bonchev–Trinajstić information content (AvgIpc) is 3.56. The van der Waals surface area contributed by atoms with Gasteiger partial charge in [0.05, 0.1) is 11.8 Å². The van der Waals surface area contributed by atoms with Crippen LogP contribution in [0.5, 0.6) is 0 Å². The van der Waals surface area contributed by atoms with Gasteiger partial charge in [-0.2, -0.15) is 0 Å². The molecule has 3 heterocycles. The standard InChI is InChI=1S/C23H29N7O2/c1-2-24-23(25-10-5-7-18-28-27-17-6-3-4-12-29(17)18)26-11-13-30-21(31)19-15-8-9-16(14-15)20(19)22(30)32/h3-4,6,8-9,12,15-16,19-20H,2,5,7,10-11,13-14H2,1H3,(H2,24,25,26). The van der Waals surface area contributed by atoms with Gasteiger partial charge in [-0.15, -0.1) is 10.2 Å². The number of carbonyl (C=O) groups is 2. The monoisotopic (exact) mass is 435 g/mol. The zero-order valence-electron chi connectivity index (χ0n) is 18.3. The third kappa shape index (κ3) is 3.65. The Morgan fingerprint density at radius 1 is 1.12 bits per heavy atom. The number of aryl methyl sites for hydroxylation is 1. The maximum atomic E-state index is 12.8. The summed E-state index contributed by atoms with van der Waals surface area (Å²) in [5.74, 6) is 1.86. The van der Waals surface area contributed by atoms with Gasteiger partial charge in [0.2, 0.25) is 11.8 Å². The minimum atomic E-state index is -0.132. The fraction of sp³-hybridized carbons (Fsp3) is 0.522. The molecule has 2 aromatic heterocycles. The first kappa shape index (κ1) is 20.7. The lowest BCUT2D eigenvalue weighted by Crippen LogP contribution is -2.43. The van der Waals surface area contributed by atoms with Gasteiger partial charge >= 0.3 is 0 Å². The molecule has 0 spiro atoms. The summed E-state index contributed by atoms with van der Waals surface area (Å²) in [4.78, 5) is 31.7. The van der Waals surface area contributed by atoms with Crippen molar-refractivity contribution in [2.45, 2.75) is 26.2 Å². The molecule has 2 bridgehead atoms. The number of rotatable bonds is 8. The van der Waals surface area contributed by atoms with Crippen LogP contribution in [-0.2, 0) is 16.0 Å². The van der Waals surface area contributed by atoms with E-state index in [1.54, 1.807) is 0 Å². The molecule has 2 fully saturated rings. The molecule has 2 aliphatic carbocycles. The molecule has 2 amide bonds. The summed E-state index contributed by atoms with van der Waals surface area (Å²) in [6, 6.07) is 5.85. The van der Waals surface area contributed by atoms with Crippen LogP contribution in [0, 0.1) is 23.7 Å². The average molecular weight is 436 g/mol. The lowest BCUT2D eigenvalue weighted by Gasteiger charge is -2.18. The van der Waals surface area contributed by atoms with Gasteiger partial charge in [0, 0.05) is 38.8 Å². The van der Waals surface area contributed by atoms with E-state index in [0.29, 0.717) is 25.6 Å². The van der Waals surface area contributed by atoms with Gasteiger partial charge < -0.3 is 10.6 Å². The number of carbonyl (C=O) groups excluding carboxylic acids is 2. The van der Waals surface area contributed by atoms with Crippen LogP contribution in [0.15, 0.2) is 41.5 Å². The van der Waals surface area contributed by atoms with Crippen molar-refractivity contribution in [3.8, 4) is 0 Å². The summed E-state index contributed by atoms with van der Waals surface area (Å²) in [5.41, 5.74) is 0.847. The SMILES string of the molecule is CCNC(=NCCCc1nnc2ccccn12)NCCN1C(=O)C2C3C=CC(C3)C2C1=O. The Balaban J connectivity index is 1.11. The number of aliphatic imine (C=N–C) groups is 1. The molecule has 9 nitrogen and oxygen atoms in total. The molecule has 0 aromatic carbocycles. The summed E-state index contributed by atoms with van der Waals surface area (Å²) in [6.07, 6.45) is 8.80. The largest absolute Gasteiger partial charge is 0.357 e. The Bertz CT molecular complexity index is 1050. The summed E-state index contributed by atoms with van der Waals surface area (Å²) in [6.45, 7) is 4.25. The number of hydrogen-bond donors (Lipinski definition) is 2. The number of pyridine rings is 1. The summed E-state index contributed by atoms with van der Waals surface area (Å²) in [5, 5.41) is 14.9. The van der Waals surface area contributed by atoms with E-state index < -0.39 is 0 Å². The molecule has 3 aliphatic rings. The predicted octanol–water partition coefficient (Wildman–Crippen LogP) is 1.02. The normalized spacial score (nSPS) is 26.4. The third-order valence-corrected chi connectivity index (χ3v) is 6.75. The van der Waals surface area contributed by atoms with E-state index in [0.717, 1.165) is 37.3 Å². The highest BCUT2D eigenvalue weighted by molar-refractivity contribution is 6.06. The van der Waals surface area contributed by atoms with Crippen LogP contribution in [0.1, 0.15) is 25.6 Å². The second kappa shape index (κ2) is 8.72. The van der Waals surface area contributed by atoms with Gasteiger partial charge in [0.25, 0.3) is 0 Å². The van der Waals surface area contributed by atoms with Gasteiger partial charge in [-0.1, -0.05) is 18.2 Å². The number of hydrogen-bond acceptors (Lipinski definition) is 5. The van der Waals surface area contributed by atoms with Crippen LogP contribution in [0.4, 0.5) is 0 Å². The lowest BCUT2D eigenvalue weighted by molar-refractivity contribution is -0.140. The van der Waals surface area contributed by atoms with Crippen molar-refractivity contribution >= 4 is 23.4 Å². The van der Waals surface area contributed by atoms with Crippen molar-refractivity contribution in [3.05, 3.63) is 42.4 Å². The maximum absolute atomic E-state index is 12.8. The Kier molecular flexibility index (Phi) is 5.63. The highest BCUT2D eigenvalue weighted by atomic mass is 16.2. The molecule has 2 aromatic rings.